The van der Waals surface area contributed by atoms with Gasteiger partial charge in [0.2, 0.25) is 0 Å². The lowest BCUT2D eigenvalue weighted by molar-refractivity contribution is 0.313. The highest BCUT2D eigenvalue weighted by Crippen LogP contribution is 2.32. The minimum Gasteiger partial charge on any atom is -0.379 e. The van der Waals surface area contributed by atoms with Crippen LogP contribution in [0.3, 0.4) is 0 Å². The molecule has 1 saturated heterocycles. The van der Waals surface area contributed by atoms with E-state index in [9.17, 15) is 0 Å². The van der Waals surface area contributed by atoms with Crippen molar-refractivity contribution in [2.24, 2.45) is 0 Å². The first-order valence-electron chi connectivity index (χ1n) is 9.59. The number of piperazine rings is 1. The van der Waals surface area contributed by atoms with Gasteiger partial charge in [0.05, 0.1) is 24.6 Å². The van der Waals surface area contributed by atoms with Crippen molar-refractivity contribution < 1.29 is 0 Å². The number of hydrogen-bond donors (Lipinski definition) is 1. The summed E-state index contributed by atoms with van der Waals surface area (Å²) >= 11 is 0. The number of aromatic nitrogens is 4. The van der Waals surface area contributed by atoms with E-state index in [1.807, 2.05) is 24.8 Å². The highest BCUT2D eigenvalue weighted by molar-refractivity contribution is 6.01. The molecule has 1 aliphatic rings. The molecule has 4 aromatic rings. The Bertz CT molecular complexity index is 1110. The largest absolute Gasteiger partial charge is 0.379 e. The second kappa shape index (κ2) is 7.09. The number of likely N-dealkylation sites (N-methyl/N-ethyl adjacent to an activating group) is 1. The summed E-state index contributed by atoms with van der Waals surface area (Å²) in [5.41, 5.74) is 4.33. The standard InChI is InChI=1S/C21H23N7/c1-26-8-10-27(11-9-26)20-3-2-19(18-14-22-5-4-17(18)20)24-12-16-13-25-21-15-23-6-7-28(16)21/h2-7,13-15,24H,8-12H2,1H3. The number of fused-ring (bicyclic) bond motifs is 2. The van der Waals surface area contributed by atoms with Crippen molar-refractivity contribution >= 4 is 27.8 Å². The van der Waals surface area contributed by atoms with Gasteiger partial charge in [0.1, 0.15) is 0 Å². The van der Waals surface area contributed by atoms with E-state index in [0.717, 1.165) is 48.6 Å². The Labute approximate surface area is 163 Å². The molecular weight excluding hydrogens is 350 g/mol. The fraction of sp³-hybridized carbons (Fsp3) is 0.286. The molecule has 28 heavy (non-hydrogen) atoms. The van der Waals surface area contributed by atoms with E-state index in [-0.39, 0.29) is 0 Å². The number of hydrogen-bond acceptors (Lipinski definition) is 6. The van der Waals surface area contributed by atoms with Crippen LogP contribution in [0.2, 0.25) is 0 Å². The van der Waals surface area contributed by atoms with Crippen LogP contribution in [0, 0.1) is 0 Å². The Kier molecular flexibility index (Phi) is 4.29. The van der Waals surface area contributed by atoms with Gasteiger partial charge in [-0.2, -0.15) is 0 Å². The third-order valence-corrected chi connectivity index (χ3v) is 5.49. The molecule has 0 radical (unpaired) electrons. The molecule has 142 valence electrons. The van der Waals surface area contributed by atoms with E-state index in [1.165, 1.54) is 11.1 Å². The van der Waals surface area contributed by atoms with Gasteiger partial charge in [-0.05, 0) is 25.2 Å². The number of anilines is 2. The zero-order valence-corrected chi connectivity index (χ0v) is 15.9. The van der Waals surface area contributed by atoms with Gasteiger partial charge in [-0.25, -0.2) is 4.98 Å². The molecule has 1 aromatic carbocycles. The molecule has 0 unspecified atom stereocenters. The predicted octanol–water partition coefficient (Wildman–Crippen LogP) is 2.64. The van der Waals surface area contributed by atoms with Crippen LogP contribution in [0.25, 0.3) is 16.4 Å². The van der Waals surface area contributed by atoms with Gasteiger partial charge in [-0.1, -0.05) is 0 Å². The molecule has 1 aliphatic heterocycles. The van der Waals surface area contributed by atoms with Crippen molar-refractivity contribution in [3.8, 4) is 0 Å². The zero-order chi connectivity index (χ0) is 18.9. The van der Waals surface area contributed by atoms with E-state index < -0.39 is 0 Å². The first kappa shape index (κ1) is 16.9. The summed E-state index contributed by atoms with van der Waals surface area (Å²) in [6.07, 6.45) is 11.2. The summed E-state index contributed by atoms with van der Waals surface area (Å²) in [6.45, 7) is 4.97. The number of imidazole rings is 1. The van der Waals surface area contributed by atoms with Gasteiger partial charge < -0.3 is 15.1 Å². The lowest BCUT2D eigenvalue weighted by Gasteiger charge is -2.34. The van der Waals surface area contributed by atoms with Crippen molar-refractivity contribution in [3.05, 3.63) is 61.1 Å². The number of nitrogens with one attached hydrogen (secondary N) is 1. The molecule has 1 N–H and O–H groups in total. The normalized spacial score (nSPS) is 15.4. The Balaban J connectivity index is 1.45. The van der Waals surface area contributed by atoms with E-state index >= 15 is 0 Å². The molecule has 7 heteroatoms. The number of rotatable bonds is 4. The maximum Gasteiger partial charge on any atom is 0.155 e. The quantitative estimate of drug-likeness (QED) is 0.593. The Hall–Kier alpha value is -3.19. The second-order valence-electron chi connectivity index (χ2n) is 7.25. The van der Waals surface area contributed by atoms with Crippen molar-refractivity contribution in [2.45, 2.75) is 6.54 Å². The van der Waals surface area contributed by atoms with Crippen LogP contribution >= 0.6 is 0 Å². The Morgan fingerprint density at radius 3 is 2.68 bits per heavy atom. The van der Waals surface area contributed by atoms with E-state index in [0.29, 0.717) is 6.54 Å². The molecule has 1 fully saturated rings. The Morgan fingerprint density at radius 1 is 0.929 bits per heavy atom. The first-order chi connectivity index (χ1) is 13.8. The van der Waals surface area contributed by atoms with E-state index in [4.69, 9.17) is 0 Å². The molecule has 0 atom stereocenters. The molecule has 0 saturated carbocycles. The summed E-state index contributed by atoms with van der Waals surface area (Å²) in [7, 11) is 2.18. The van der Waals surface area contributed by atoms with Crippen LogP contribution in [0.5, 0.6) is 0 Å². The van der Waals surface area contributed by atoms with Crippen molar-refractivity contribution in [3.63, 3.8) is 0 Å². The molecule has 7 nitrogen and oxygen atoms in total. The average Bonchev–Trinajstić information content (AvgIpc) is 3.16. The minimum atomic E-state index is 0.684. The molecular formula is C21H23N7. The van der Waals surface area contributed by atoms with Crippen molar-refractivity contribution in [1.29, 1.82) is 0 Å². The van der Waals surface area contributed by atoms with Crippen LogP contribution in [-0.2, 0) is 6.54 Å². The zero-order valence-electron chi connectivity index (χ0n) is 15.9. The van der Waals surface area contributed by atoms with Gasteiger partial charge in [0.15, 0.2) is 5.65 Å². The SMILES string of the molecule is CN1CCN(c2ccc(NCc3cnc4cnccn34)c3cnccc23)CC1. The van der Waals surface area contributed by atoms with Gasteiger partial charge >= 0.3 is 0 Å². The van der Waals surface area contributed by atoms with Gasteiger partial charge in [0.25, 0.3) is 0 Å². The maximum atomic E-state index is 4.41. The van der Waals surface area contributed by atoms with Crippen LogP contribution < -0.4 is 10.2 Å². The van der Waals surface area contributed by atoms with Crippen molar-refractivity contribution in [1.82, 2.24) is 24.3 Å². The summed E-state index contributed by atoms with van der Waals surface area (Å²) < 4.78 is 2.05. The van der Waals surface area contributed by atoms with Crippen LogP contribution in [-0.4, -0.2) is 57.5 Å². The van der Waals surface area contributed by atoms with Crippen LogP contribution in [0.4, 0.5) is 11.4 Å². The molecule has 5 rings (SSSR count). The molecule has 0 spiro atoms. The monoisotopic (exact) mass is 373 g/mol. The molecule has 0 amide bonds. The molecule has 0 aliphatic carbocycles. The van der Waals surface area contributed by atoms with Crippen molar-refractivity contribution in [2.75, 3.05) is 43.4 Å². The maximum absolute atomic E-state index is 4.41. The minimum absolute atomic E-state index is 0.684. The predicted molar refractivity (Wildman–Crippen MR) is 112 cm³/mol. The lowest BCUT2D eigenvalue weighted by Crippen LogP contribution is -2.44. The first-order valence-corrected chi connectivity index (χ1v) is 9.59. The summed E-state index contributed by atoms with van der Waals surface area (Å²) in [4.78, 5) is 17.8. The molecule has 3 aromatic heterocycles. The second-order valence-corrected chi connectivity index (χ2v) is 7.25. The Morgan fingerprint density at radius 2 is 1.79 bits per heavy atom. The highest BCUT2D eigenvalue weighted by Gasteiger charge is 2.17. The van der Waals surface area contributed by atoms with Gasteiger partial charge in [0, 0.05) is 73.1 Å². The fourth-order valence-corrected chi connectivity index (χ4v) is 3.86. The molecule has 4 heterocycles. The van der Waals surface area contributed by atoms with E-state index in [2.05, 4.69) is 59.7 Å². The third kappa shape index (κ3) is 3.03. The number of pyridine rings is 1. The van der Waals surface area contributed by atoms with Gasteiger partial charge in [-0.15, -0.1) is 0 Å². The van der Waals surface area contributed by atoms with Gasteiger partial charge in [-0.3, -0.25) is 14.4 Å². The summed E-state index contributed by atoms with van der Waals surface area (Å²) in [5.74, 6) is 0. The van der Waals surface area contributed by atoms with Crippen LogP contribution in [0.1, 0.15) is 5.69 Å². The fourth-order valence-electron chi connectivity index (χ4n) is 3.86. The smallest absolute Gasteiger partial charge is 0.155 e. The number of nitrogens with zero attached hydrogens (tertiary/aromatic N) is 6. The average molecular weight is 373 g/mol. The number of benzene rings is 1. The summed E-state index contributed by atoms with van der Waals surface area (Å²) in [5, 5.41) is 5.96. The third-order valence-electron chi connectivity index (χ3n) is 5.49. The topological polar surface area (TPSA) is 61.6 Å². The lowest BCUT2D eigenvalue weighted by atomic mass is 10.1. The van der Waals surface area contributed by atoms with Crippen LogP contribution in [0.15, 0.2) is 55.4 Å². The highest BCUT2D eigenvalue weighted by atomic mass is 15.2. The summed E-state index contributed by atoms with van der Waals surface area (Å²) in [6, 6.07) is 6.52. The van der Waals surface area contributed by atoms with E-state index in [1.54, 1.807) is 12.4 Å². The molecule has 0 bridgehead atoms.